The molecule has 1 aromatic heterocycles. The van der Waals surface area contributed by atoms with Crippen LogP contribution in [0, 0.1) is 6.92 Å². The molecule has 1 N–H and O–H groups in total. The number of fused-ring (bicyclic) bond motifs is 3. The highest BCUT2D eigenvalue weighted by atomic mass is 16.5. The van der Waals surface area contributed by atoms with E-state index < -0.39 is 6.10 Å². The molecule has 0 spiro atoms. The van der Waals surface area contributed by atoms with Gasteiger partial charge >= 0.3 is 0 Å². The SMILES string of the molecule is Cc1ccc(OC[C@@H](O)Cn2c3ccccc3c3ccccc32)cc1. The first kappa shape index (κ1) is 15.7. The quantitative estimate of drug-likeness (QED) is 0.582. The summed E-state index contributed by atoms with van der Waals surface area (Å²) in [5.41, 5.74) is 3.47. The van der Waals surface area contributed by atoms with Crippen LogP contribution in [0.4, 0.5) is 0 Å². The maximum atomic E-state index is 10.5. The Morgan fingerprint density at radius 2 is 1.40 bits per heavy atom. The number of para-hydroxylation sites is 2. The third kappa shape index (κ3) is 3.11. The molecule has 3 nitrogen and oxygen atoms in total. The van der Waals surface area contributed by atoms with Crippen molar-refractivity contribution in [3.05, 3.63) is 78.4 Å². The van der Waals surface area contributed by atoms with Crippen LogP contribution in [0.1, 0.15) is 5.56 Å². The van der Waals surface area contributed by atoms with Gasteiger partial charge in [-0.1, -0.05) is 54.1 Å². The Hall–Kier alpha value is -2.78. The van der Waals surface area contributed by atoms with E-state index >= 15 is 0 Å². The van der Waals surface area contributed by atoms with Crippen LogP contribution in [0.15, 0.2) is 72.8 Å². The van der Waals surface area contributed by atoms with Crippen LogP contribution in [0.5, 0.6) is 5.75 Å². The lowest BCUT2D eigenvalue weighted by Gasteiger charge is -2.15. The van der Waals surface area contributed by atoms with Crippen molar-refractivity contribution in [3.8, 4) is 5.75 Å². The lowest BCUT2D eigenvalue weighted by Crippen LogP contribution is -2.23. The Morgan fingerprint density at radius 1 is 0.840 bits per heavy atom. The van der Waals surface area contributed by atoms with Crippen molar-refractivity contribution in [2.45, 2.75) is 19.6 Å². The van der Waals surface area contributed by atoms with Gasteiger partial charge in [-0.15, -0.1) is 0 Å². The fourth-order valence-corrected chi connectivity index (χ4v) is 3.29. The van der Waals surface area contributed by atoms with E-state index in [4.69, 9.17) is 4.74 Å². The monoisotopic (exact) mass is 331 g/mol. The minimum absolute atomic E-state index is 0.268. The second-order valence-corrected chi connectivity index (χ2v) is 6.42. The number of aromatic nitrogens is 1. The van der Waals surface area contributed by atoms with Gasteiger partial charge in [-0.3, -0.25) is 0 Å². The van der Waals surface area contributed by atoms with E-state index in [0.29, 0.717) is 6.54 Å². The summed E-state index contributed by atoms with van der Waals surface area (Å²) in [7, 11) is 0. The number of ether oxygens (including phenoxy) is 1. The first-order valence-electron chi connectivity index (χ1n) is 8.56. The van der Waals surface area contributed by atoms with E-state index in [1.165, 1.54) is 16.3 Å². The summed E-state index contributed by atoms with van der Waals surface area (Å²) in [4.78, 5) is 0. The second kappa shape index (κ2) is 6.61. The summed E-state index contributed by atoms with van der Waals surface area (Å²) in [6.07, 6.45) is -0.583. The average molecular weight is 331 g/mol. The zero-order chi connectivity index (χ0) is 17.2. The molecule has 0 amide bonds. The molecule has 126 valence electrons. The molecule has 0 bridgehead atoms. The highest BCUT2D eigenvalue weighted by Gasteiger charge is 2.13. The van der Waals surface area contributed by atoms with Crippen LogP contribution >= 0.6 is 0 Å². The maximum absolute atomic E-state index is 10.5. The molecule has 3 heteroatoms. The molecule has 25 heavy (non-hydrogen) atoms. The molecule has 0 radical (unpaired) electrons. The zero-order valence-corrected chi connectivity index (χ0v) is 14.2. The molecule has 0 fully saturated rings. The normalized spacial score (nSPS) is 12.6. The Kier molecular flexibility index (Phi) is 4.16. The standard InChI is InChI=1S/C22H21NO2/c1-16-10-12-18(13-11-16)25-15-17(24)14-23-21-8-4-2-6-19(21)20-7-3-5-9-22(20)23/h2-13,17,24H,14-15H2,1H3/t17-/m0/s1. The van der Waals surface area contributed by atoms with Crippen LogP contribution in [-0.2, 0) is 6.54 Å². The Morgan fingerprint density at radius 3 is 2.00 bits per heavy atom. The van der Waals surface area contributed by atoms with Gasteiger partial charge in [0, 0.05) is 21.8 Å². The fourth-order valence-electron chi connectivity index (χ4n) is 3.29. The van der Waals surface area contributed by atoms with Crippen molar-refractivity contribution < 1.29 is 9.84 Å². The molecule has 0 aliphatic heterocycles. The average Bonchev–Trinajstić information content (AvgIpc) is 2.96. The summed E-state index contributed by atoms with van der Waals surface area (Å²) in [6, 6.07) is 24.5. The lowest BCUT2D eigenvalue weighted by atomic mass is 10.2. The molecule has 1 heterocycles. The predicted octanol–water partition coefficient (Wildman–Crippen LogP) is 4.54. The molecule has 0 aliphatic carbocycles. The third-order valence-corrected chi connectivity index (χ3v) is 4.54. The summed E-state index contributed by atoms with van der Waals surface area (Å²) in [6.45, 7) is 2.81. The minimum atomic E-state index is -0.583. The molecule has 1 atom stereocenters. The largest absolute Gasteiger partial charge is 0.491 e. The van der Waals surface area contributed by atoms with Crippen LogP contribution in [0.25, 0.3) is 21.8 Å². The highest BCUT2D eigenvalue weighted by Crippen LogP contribution is 2.28. The number of rotatable bonds is 5. The second-order valence-electron chi connectivity index (χ2n) is 6.42. The fraction of sp³-hybridized carbons (Fsp3) is 0.182. The highest BCUT2D eigenvalue weighted by molar-refractivity contribution is 6.07. The van der Waals surface area contributed by atoms with E-state index in [1.807, 2.05) is 43.3 Å². The third-order valence-electron chi connectivity index (χ3n) is 4.54. The number of benzene rings is 3. The van der Waals surface area contributed by atoms with Crippen LogP contribution < -0.4 is 4.74 Å². The molecular formula is C22H21NO2. The molecule has 0 saturated heterocycles. The number of aryl methyl sites for hydroxylation is 1. The van der Waals surface area contributed by atoms with Crippen molar-refractivity contribution >= 4 is 21.8 Å². The lowest BCUT2D eigenvalue weighted by molar-refractivity contribution is 0.0945. The smallest absolute Gasteiger partial charge is 0.119 e. The van der Waals surface area contributed by atoms with Crippen LogP contribution in [0.3, 0.4) is 0 Å². The van der Waals surface area contributed by atoms with Gasteiger partial charge in [0.25, 0.3) is 0 Å². The van der Waals surface area contributed by atoms with Gasteiger partial charge in [0.2, 0.25) is 0 Å². The van der Waals surface area contributed by atoms with Crippen LogP contribution in [0.2, 0.25) is 0 Å². The van der Waals surface area contributed by atoms with E-state index in [9.17, 15) is 5.11 Å². The summed E-state index contributed by atoms with van der Waals surface area (Å²) >= 11 is 0. The predicted molar refractivity (Wildman–Crippen MR) is 102 cm³/mol. The number of hydrogen-bond donors (Lipinski definition) is 1. The van der Waals surface area contributed by atoms with Gasteiger partial charge in [-0.2, -0.15) is 0 Å². The molecule has 4 aromatic rings. The van der Waals surface area contributed by atoms with Crippen molar-refractivity contribution in [2.75, 3.05) is 6.61 Å². The molecule has 0 aliphatic rings. The molecule has 0 saturated carbocycles. The number of aliphatic hydroxyl groups excluding tert-OH is 1. The zero-order valence-electron chi connectivity index (χ0n) is 14.2. The van der Waals surface area contributed by atoms with E-state index in [0.717, 1.165) is 16.8 Å². The van der Waals surface area contributed by atoms with Gasteiger partial charge in [-0.05, 0) is 31.2 Å². The number of aliphatic hydroxyl groups is 1. The Bertz CT molecular complexity index is 948. The van der Waals surface area contributed by atoms with E-state index in [1.54, 1.807) is 0 Å². The van der Waals surface area contributed by atoms with Gasteiger partial charge in [0.1, 0.15) is 18.5 Å². The minimum Gasteiger partial charge on any atom is -0.491 e. The number of nitrogens with zero attached hydrogens (tertiary/aromatic N) is 1. The molecule has 4 rings (SSSR count). The van der Waals surface area contributed by atoms with Crippen molar-refractivity contribution in [1.82, 2.24) is 4.57 Å². The Balaban J connectivity index is 1.58. The van der Waals surface area contributed by atoms with Gasteiger partial charge in [-0.25, -0.2) is 0 Å². The summed E-state index contributed by atoms with van der Waals surface area (Å²) in [5.74, 6) is 0.784. The molecule has 3 aromatic carbocycles. The topological polar surface area (TPSA) is 34.4 Å². The van der Waals surface area contributed by atoms with Crippen molar-refractivity contribution in [2.24, 2.45) is 0 Å². The van der Waals surface area contributed by atoms with Crippen LogP contribution in [-0.4, -0.2) is 22.4 Å². The Labute approximate surface area is 147 Å². The van der Waals surface area contributed by atoms with Gasteiger partial charge in [0.05, 0.1) is 6.54 Å². The summed E-state index contributed by atoms with van der Waals surface area (Å²) in [5, 5.41) is 12.9. The maximum Gasteiger partial charge on any atom is 0.119 e. The van der Waals surface area contributed by atoms with E-state index in [2.05, 4.69) is 41.0 Å². The number of hydrogen-bond acceptors (Lipinski definition) is 2. The van der Waals surface area contributed by atoms with E-state index in [-0.39, 0.29) is 6.61 Å². The van der Waals surface area contributed by atoms with Crippen molar-refractivity contribution in [1.29, 1.82) is 0 Å². The van der Waals surface area contributed by atoms with Gasteiger partial charge < -0.3 is 14.4 Å². The van der Waals surface area contributed by atoms with Crippen molar-refractivity contribution in [3.63, 3.8) is 0 Å². The molecule has 0 unspecified atom stereocenters. The molecular weight excluding hydrogens is 310 g/mol. The summed E-state index contributed by atoms with van der Waals surface area (Å²) < 4.78 is 7.91. The van der Waals surface area contributed by atoms with Gasteiger partial charge in [0.15, 0.2) is 0 Å². The first-order chi connectivity index (χ1) is 12.2. The first-order valence-corrected chi connectivity index (χ1v) is 8.56.